The van der Waals surface area contributed by atoms with Crippen molar-refractivity contribution in [1.82, 2.24) is 9.80 Å². The SMILES string of the molecule is CC1(N(C(=O)O)C(=O)O)CCCCC1N(CCCO)C(=O)O. The van der Waals surface area contributed by atoms with E-state index in [9.17, 15) is 29.7 Å². The molecule has 3 amide bonds. The Kier molecular flexibility index (Phi) is 5.98. The smallest absolute Gasteiger partial charge is 0.417 e. The maximum Gasteiger partial charge on any atom is 0.417 e. The average Bonchev–Trinajstić information content (AvgIpc) is 2.39. The van der Waals surface area contributed by atoms with Crippen molar-refractivity contribution < 1.29 is 34.8 Å². The molecule has 22 heavy (non-hydrogen) atoms. The first kappa shape index (κ1) is 18.0. The molecular weight excluding hydrogens is 296 g/mol. The number of hydrogen-bond acceptors (Lipinski definition) is 4. The summed E-state index contributed by atoms with van der Waals surface area (Å²) in [4.78, 5) is 35.5. The lowest BCUT2D eigenvalue weighted by Crippen LogP contribution is -2.65. The molecule has 1 fully saturated rings. The quantitative estimate of drug-likeness (QED) is 0.605. The molecule has 2 unspecified atom stereocenters. The Labute approximate surface area is 127 Å². The van der Waals surface area contributed by atoms with Crippen LogP contribution in [0.3, 0.4) is 0 Å². The molecule has 0 aromatic rings. The van der Waals surface area contributed by atoms with Gasteiger partial charge in [-0.1, -0.05) is 12.8 Å². The Morgan fingerprint density at radius 1 is 1.09 bits per heavy atom. The van der Waals surface area contributed by atoms with Gasteiger partial charge in [-0.05, 0) is 26.2 Å². The minimum Gasteiger partial charge on any atom is -0.465 e. The predicted octanol–water partition coefficient (Wildman–Crippen LogP) is 1.71. The van der Waals surface area contributed by atoms with Crippen molar-refractivity contribution in [3.8, 4) is 0 Å². The molecule has 1 saturated carbocycles. The van der Waals surface area contributed by atoms with E-state index >= 15 is 0 Å². The molecule has 0 saturated heterocycles. The van der Waals surface area contributed by atoms with Gasteiger partial charge in [-0.3, -0.25) is 0 Å². The molecule has 2 atom stereocenters. The Morgan fingerprint density at radius 3 is 2.14 bits per heavy atom. The van der Waals surface area contributed by atoms with Gasteiger partial charge in [0.15, 0.2) is 0 Å². The first-order valence-electron chi connectivity index (χ1n) is 7.12. The molecule has 0 aromatic heterocycles. The van der Waals surface area contributed by atoms with Crippen LogP contribution in [0.4, 0.5) is 14.4 Å². The van der Waals surface area contributed by atoms with Crippen molar-refractivity contribution >= 4 is 18.3 Å². The summed E-state index contributed by atoms with van der Waals surface area (Å²) in [5, 5.41) is 36.7. The normalized spacial score (nSPS) is 24.5. The molecule has 0 radical (unpaired) electrons. The van der Waals surface area contributed by atoms with Gasteiger partial charge in [-0.25, -0.2) is 19.3 Å². The predicted molar refractivity (Wildman–Crippen MR) is 75.0 cm³/mol. The minimum atomic E-state index is -1.62. The van der Waals surface area contributed by atoms with Crippen LogP contribution in [0.2, 0.25) is 0 Å². The number of carbonyl (C=O) groups is 3. The monoisotopic (exact) mass is 318 g/mol. The highest BCUT2D eigenvalue weighted by Crippen LogP contribution is 2.37. The van der Waals surface area contributed by atoms with Crippen molar-refractivity contribution in [2.75, 3.05) is 13.2 Å². The largest absolute Gasteiger partial charge is 0.465 e. The number of rotatable bonds is 5. The van der Waals surface area contributed by atoms with Gasteiger partial charge in [0, 0.05) is 13.2 Å². The lowest BCUT2D eigenvalue weighted by Gasteiger charge is -2.49. The molecule has 9 nitrogen and oxygen atoms in total. The van der Waals surface area contributed by atoms with Gasteiger partial charge in [0.1, 0.15) is 0 Å². The van der Waals surface area contributed by atoms with E-state index in [-0.39, 0.29) is 26.0 Å². The molecule has 1 aliphatic rings. The van der Waals surface area contributed by atoms with E-state index in [2.05, 4.69) is 0 Å². The van der Waals surface area contributed by atoms with Crippen molar-refractivity contribution in [3.05, 3.63) is 0 Å². The third-order valence-electron chi connectivity index (χ3n) is 4.20. The zero-order chi connectivity index (χ0) is 16.9. The molecule has 126 valence electrons. The summed E-state index contributed by atoms with van der Waals surface area (Å²) in [7, 11) is 0. The van der Waals surface area contributed by atoms with Gasteiger partial charge in [0.05, 0.1) is 11.6 Å². The number of aliphatic hydroxyl groups is 1. The Bertz CT molecular complexity index is 428. The molecule has 9 heteroatoms. The maximum absolute atomic E-state index is 11.5. The highest BCUT2D eigenvalue weighted by molar-refractivity contribution is 5.87. The molecule has 0 aliphatic heterocycles. The molecule has 1 aliphatic carbocycles. The number of aliphatic hydroxyl groups excluding tert-OH is 1. The summed E-state index contributed by atoms with van der Waals surface area (Å²) in [5.41, 5.74) is -1.34. The zero-order valence-electron chi connectivity index (χ0n) is 12.4. The fraction of sp³-hybridized carbons (Fsp3) is 0.769. The van der Waals surface area contributed by atoms with Crippen molar-refractivity contribution in [2.45, 2.75) is 50.6 Å². The lowest BCUT2D eigenvalue weighted by atomic mass is 9.76. The van der Waals surface area contributed by atoms with E-state index in [0.717, 1.165) is 4.90 Å². The van der Waals surface area contributed by atoms with Crippen molar-refractivity contribution in [3.63, 3.8) is 0 Å². The Hall–Kier alpha value is -2.03. The summed E-state index contributed by atoms with van der Waals surface area (Å²) in [6, 6.07) is -0.766. The second-order valence-electron chi connectivity index (χ2n) is 5.57. The fourth-order valence-electron chi connectivity index (χ4n) is 3.20. The Morgan fingerprint density at radius 2 is 1.68 bits per heavy atom. The zero-order valence-corrected chi connectivity index (χ0v) is 12.4. The summed E-state index contributed by atoms with van der Waals surface area (Å²) < 4.78 is 0. The molecule has 0 aromatic carbocycles. The second kappa shape index (κ2) is 7.30. The highest BCUT2D eigenvalue weighted by Gasteiger charge is 2.50. The number of amides is 3. The van der Waals surface area contributed by atoms with Gasteiger partial charge in [-0.15, -0.1) is 0 Å². The number of imide groups is 1. The van der Waals surface area contributed by atoms with E-state index in [1.54, 1.807) is 0 Å². The number of hydrogen-bond donors (Lipinski definition) is 4. The van der Waals surface area contributed by atoms with Crippen molar-refractivity contribution in [1.29, 1.82) is 0 Å². The van der Waals surface area contributed by atoms with Gasteiger partial charge < -0.3 is 25.3 Å². The summed E-state index contributed by atoms with van der Waals surface area (Å²) >= 11 is 0. The fourth-order valence-corrected chi connectivity index (χ4v) is 3.20. The number of nitrogens with zero attached hydrogens (tertiary/aromatic N) is 2. The van der Waals surface area contributed by atoms with Crippen molar-refractivity contribution in [2.24, 2.45) is 0 Å². The first-order chi connectivity index (χ1) is 10.3. The molecule has 1 rings (SSSR count). The minimum absolute atomic E-state index is 0.0270. The Balaban J connectivity index is 3.18. The molecular formula is C13H22N2O7. The van der Waals surface area contributed by atoms with Crippen LogP contribution in [0.25, 0.3) is 0 Å². The van der Waals surface area contributed by atoms with Crippen LogP contribution in [0.1, 0.15) is 39.0 Å². The van der Waals surface area contributed by atoms with Gasteiger partial charge in [0.25, 0.3) is 0 Å². The van der Waals surface area contributed by atoms with Crippen LogP contribution in [0.15, 0.2) is 0 Å². The molecule has 0 spiro atoms. The molecule has 4 N–H and O–H groups in total. The average molecular weight is 318 g/mol. The number of carboxylic acid groups (broad SMARTS) is 3. The van der Waals surface area contributed by atoms with E-state index < -0.39 is 29.9 Å². The van der Waals surface area contributed by atoms with E-state index in [4.69, 9.17) is 5.11 Å². The molecule has 0 bridgehead atoms. The van der Waals surface area contributed by atoms with Crippen LogP contribution in [-0.4, -0.2) is 73.2 Å². The topological polar surface area (TPSA) is 139 Å². The second-order valence-corrected chi connectivity index (χ2v) is 5.57. The van der Waals surface area contributed by atoms with Crippen LogP contribution in [0, 0.1) is 0 Å². The van der Waals surface area contributed by atoms with Crippen LogP contribution in [-0.2, 0) is 0 Å². The first-order valence-corrected chi connectivity index (χ1v) is 7.12. The highest BCUT2D eigenvalue weighted by atomic mass is 16.4. The van der Waals surface area contributed by atoms with E-state index in [1.807, 2.05) is 0 Å². The van der Waals surface area contributed by atoms with Gasteiger partial charge >= 0.3 is 18.3 Å². The van der Waals surface area contributed by atoms with E-state index in [1.165, 1.54) is 6.92 Å². The van der Waals surface area contributed by atoms with Crippen LogP contribution >= 0.6 is 0 Å². The summed E-state index contributed by atoms with van der Waals surface area (Å²) in [5.74, 6) is 0. The summed E-state index contributed by atoms with van der Waals surface area (Å²) in [6.07, 6.45) is -2.32. The van der Waals surface area contributed by atoms with Crippen LogP contribution < -0.4 is 0 Å². The van der Waals surface area contributed by atoms with Gasteiger partial charge in [0.2, 0.25) is 0 Å². The van der Waals surface area contributed by atoms with Gasteiger partial charge in [-0.2, -0.15) is 0 Å². The maximum atomic E-state index is 11.5. The third-order valence-corrected chi connectivity index (χ3v) is 4.20. The van der Waals surface area contributed by atoms with Crippen LogP contribution in [0.5, 0.6) is 0 Å². The molecule has 0 heterocycles. The lowest BCUT2D eigenvalue weighted by molar-refractivity contribution is -0.00200. The third kappa shape index (κ3) is 3.59. The standard InChI is InChI=1S/C13H22N2O7/c1-13(15(11(19)20)12(21)22)6-3-2-5-9(13)14(10(17)18)7-4-8-16/h9,16H,2-8H2,1H3,(H,17,18)(H,19,20)(H,21,22). The van der Waals surface area contributed by atoms with E-state index in [0.29, 0.717) is 24.2 Å². The summed E-state index contributed by atoms with van der Waals surface area (Å²) in [6.45, 7) is 1.29.